The van der Waals surface area contributed by atoms with Crippen molar-refractivity contribution in [3.05, 3.63) is 24.0 Å². The van der Waals surface area contributed by atoms with Gasteiger partial charge in [-0.15, -0.1) is 0 Å². The second kappa shape index (κ2) is 6.95. The Hall–Kier alpha value is -1.83. The van der Waals surface area contributed by atoms with Gasteiger partial charge in [-0.25, -0.2) is 4.39 Å². The number of amides is 1. The van der Waals surface area contributed by atoms with E-state index in [9.17, 15) is 22.4 Å². The number of halogens is 4. The Kier molecular flexibility index (Phi) is 5.23. The molecule has 1 fully saturated rings. The molecule has 1 N–H and O–H groups in total. The topological polar surface area (TPSA) is 41.6 Å². The van der Waals surface area contributed by atoms with Gasteiger partial charge in [0.25, 0.3) is 5.91 Å². The molecule has 1 aromatic rings. The van der Waals surface area contributed by atoms with Crippen LogP contribution in [0.25, 0.3) is 0 Å². The lowest BCUT2D eigenvalue weighted by Gasteiger charge is -2.22. The Morgan fingerprint density at radius 1 is 1.27 bits per heavy atom. The minimum Gasteiger partial charge on any atom is -0.370 e. The van der Waals surface area contributed by atoms with Crippen LogP contribution in [0.3, 0.4) is 0 Å². The normalized spacial score (nSPS) is 15.2. The summed E-state index contributed by atoms with van der Waals surface area (Å²) >= 11 is 0. The second-order valence-corrected chi connectivity index (χ2v) is 4.98. The molecule has 2 rings (SSSR count). The summed E-state index contributed by atoms with van der Waals surface area (Å²) < 4.78 is 54.0. The lowest BCUT2D eigenvalue weighted by Crippen LogP contribution is -2.26. The van der Waals surface area contributed by atoms with E-state index in [1.54, 1.807) is 6.07 Å². The number of carbonyl (C=O) groups excluding carboxylic acids is 1. The molecule has 0 aliphatic carbocycles. The summed E-state index contributed by atoms with van der Waals surface area (Å²) in [5.74, 6) is -1.46. The van der Waals surface area contributed by atoms with Crippen LogP contribution >= 0.6 is 0 Å². The van der Waals surface area contributed by atoms with E-state index in [0.29, 0.717) is 5.69 Å². The monoisotopic (exact) mass is 320 g/mol. The van der Waals surface area contributed by atoms with Crippen LogP contribution in [0.4, 0.5) is 28.9 Å². The van der Waals surface area contributed by atoms with Crippen LogP contribution in [0.5, 0.6) is 0 Å². The van der Waals surface area contributed by atoms with E-state index in [0.717, 1.165) is 25.9 Å². The number of alkyl halides is 3. The van der Waals surface area contributed by atoms with Crippen molar-refractivity contribution in [1.82, 2.24) is 0 Å². The Bertz CT molecular complexity index is 528. The van der Waals surface area contributed by atoms with Gasteiger partial charge in [0, 0.05) is 13.1 Å². The fraction of sp³-hybridized carbons (Fsp3) is 0.500. The minimum absolute atomic E-state index is 0.0231. The summed E-state index contributed by atoms with van der Waals surface area (Å²) in [4.78, 5) is 13.6. The minimum atomic E-state index is -4.50. The summed E-state index contributed by atoms with van der Waals surface area (Å²) in [6.45, 7) is -0.808. The molecule has 1 saturated heterocycles. The molecule has 1 aromatic carbocycles. The van der Waals surface area contributed by atoms with Crippen LogP contribution in [0.15, 0.2) is 18.2 Å². The summed E-state index contributed by atoms with van der Waals surface area (Å²) in [6, 6.07) is 4.38. The number of hydrogen-bond acceptors (Lipinski definition) is 3. The van der Waals surface area contributed by atoms with Gasteiger partial charge in [-0.3, -0.25) is 4.79 Å². The molecule has 0 spiro atoms. The number of benzene rings is 1. The maximum absolute atomic E-state index is 13.9. The van der Waals surface area contributed by atoms with Crippen LogP contribution in [-0.4, -0.2) is 38.4 Å². The molecule has 1 aliphatic rings. The SMILES string of the molecule is O=C(COCC(F)(F)F)Nc1c(F)cccc1N1CCCC1. The van der Waals surface area contributed by atoms with E-state index in [2.05, 4.69) is 10.1 Å². The highest BCUT2D eigenvalue weighted by Gasteiger charge is 2.28. The highest BCUT2D eigenvalue weighted by atomic mass is 19.4. The maximum Gasteiger partial charge on any atom is 0.411 e. The first-order valence-corrected chi connectivity index (χ1v) is 6.84. The Balaban J connectivity index is 2.00. The zero-order valence-electron chi connectivity index (χ0n) is 11.8. The largest absolute Gasteiger partial charge is 0.411 e. The van der Waals surface area contributed by atoms with E-state index in [-0.39, 0.29) is 5.69 Å². The van der Waals surface area contributed by atoms with Gasteiger partial charge in [0.15, 0.2) is 0 Å². The molecule has 0 aromatic heterocycles. The number of nitrogens with one attached hydrogen (secondary N) is 1. The number of anilines is 2. The van der Waals surface area contributed by atoms with Crippen molar-refractivity contribution in [2.45, 2.75) is 19.0 Å². The molecule has 122 valence electrons. The van der Waals surface area contributed by atoms with Crippen molar-refractivity contribution in [2.75, 3.05) is 36.5 Å². The van der Waals surface area contributed by atoms with Gasteiger partial charge >= 0.3 is 6.18 Å². The van der Waals surface area contributed by atoms with Gasteiger partial charge in [-0.05, 0) is 25.0 Å². The van der Waals surface area contributed by atoms with Crippen LogP contribution in [0.1, 0.15) is 12.8 Å². The first-order chi connectivity index (χ1) is 10.4. The number of ether oxygens (including phenoxy) is 1. The van der Waals surface area contributed by atoms with Crippen LogP contribution < -0.4 is 10.2 Å². The molecule has 22 heavy (non-hydrogen) atoms. The Morgan fingerprint density at radius 2 is 1.95 bits per heavy atom. The van der Waals surface area contributed by atoms with E-state index < -0.39 is 31.1 Å². The van der Waals surface area contributed by atoms with E-state index in [1.165, 1.54) is 12.1 Å². The predicted molar refractivity (Wildman–Crippen MR) is 73.4 cm³/mol. The zero-order valence-corrected chi connectivity index (χ0v) is 11.8. The van der Waals surface area contributed by atoms with E-state index in [1.807, 2.05) is 4.90 Å². The van der Waals surface area contributed by atoms with Gasteiger partial charge in [0.2, 0.25) is 0 Å². The second-order valence-electron chi connectivity index (χ2n) is 4.98. The number of carbonyl (C=O) groups is 1. The molecule has 0 radical (unpaired) electrons. The predicted octanol–water partition coefficient (Wildman–Crippen LogP) is 2.94. The molecule has 0 atom stereocenters. The van der Waals surface area contributed by atoms with Crippen LogP contribution in [0.2, 0.25) is 0 Å². The van der Waals surface area contributed by atoms with Gasteiger partial charge in [0.1, 0.15) is 24.7 Å². The number of rotatable bonds is 5. The summed E-state index contributed by atoms with van der Waals surface area (Å²) in [5, 5.41) is 2.29. The van der Waals surface area contributed by atoms with Gasteiger partial charge < -0.3 is 15.0 Å². The third-order valence-corrected chi connectivity index (χ3v) is 3.20. The third kappa shape index (κ3) is 4.59. The van der Waals surface area contributed by atoms with Gasteiger partial charge in [-0.2, -0.15) is 13.2 Å². The van der Waals surface area contributed by atoms with Crippen LogP contribution in [-0.2, 0) is 9.53 Å². The fourth-order valence-corrected chi connectivity index (χ4v) is 2.29. The molecule has 0 saturated carbocycles. The lowest BCUT2D eigenvalue weighted by molar-refractivity contribution is -0.174. The molecule has 1 aliphatic heterocycles. The van der Waals surface area contributed by atoms with Crippen LogP contribution in [0, 0.1) is 5.82 Å². The molecule has 1 heterocycles. The van der Waals surface area contributed by atoms with E-state index >= 15 is 0 Å². The van der Waals surface area contributed by atoms with Gasteiger partial charge in [-0.1, -0.05) is 6.07 Å². The zero-order chi connectivity index (χ0) is 16.2. The number of nitrogens with zero attached hydrogens (tertiary/aromatic N) is 1. The van der Waals surface area contributed by atoms with Crippen molar-refractivity contribution in [1.29, 1.82) is 0 Å². The van der Waals surface area contributed by atoms with E-state index in [4.69, 9.17) is 0 Å². The average molecular weight is 320 g/mol. The maximum atomic E-state index is 13.9. The van der Waals surface area contributed by atoms with Crippen molar-refractivity contribution >= 4 is 17.3 Å². The van der Waals surface area contributed by atoms with Gasteiger partial charge in [0.05, 0.1) is 5.69 Å². The molecule has 1 amide bonds. The molecule has 8 heteroatoms. The van der Waals surface area contributed by atoms with Crippen molar-refractivity contribution < 1.29 is 27.1 Å². The number of hydrogen-bond donors (Lipinski definition) is 1. The molecular formula is C14H16F4N2O2. The third-order valence-electron chi connectivity index (χ3n) is 3.20. The Morgan fingerprint density at radius 3 is 2.59 bits per heavy atom. The Labute approximate surface area is 125 Å². The standard InChI is InChI=1S/C14H16F4N2O2/c15-10-4-3-5-11(20-6-1-2-7-20)13(10)19-12(21)8-22-9-14(16,17)18/h3-5H,1-2,6-9H2,(H,19,21). The molecule has 4 nitrogen and oxygen atoms in total. The quantitative estimate of drug-likeness (QED) is 0.848. The molecule has 0 bridgehead atoms. The summed E-state index contributed by atoms with van der Waals surface area (Å²) in [5.41, 5.74) is 0.506. The summed E-state index contributed by atoms with van der Waals surface area (Å²) in [7, 11) is 0. The molecular weight excluding hydrogens is 304 g/mol. The fourth-order valence-electron chi connectivity index (χ4n) is 2.29. The summed E-state index contributed by atoms with van der Waals surface area (Å²) in [6.07, 6.45) is -2.56. The first kappa shape index (κ1) is 16.5. The molecule has 0 unspecified atom stereocenters. The van der Waals surface area contributed by atoms with Crippen molar-refractivity contribution in [3.63, 3.8) is 0 Å². The lowest BCUT2D eigenvalue weighted by atomic mass is 10.2. The smallest absolute Gasteiger partial charge is 0.370 e. The van der Waals surface area contributed by atoms with Crippen molar-refractivity contribution in [3.8, 4) is 0 Å². The average Bonchev–Trinajstić information content (AvgIpc) is 2.93. The first-order valence-electron chi connectivity index (χ1n) is 6.84. The van der Waals surface area contributed by atoms with Crippen molar-refractivity contribution in [2.24, 2.45) is 0 Å². The highest BCUT2D eigenvalue weighted by Crippen LogP contribution is 2.31. The number of para-hydroxylation sites is 1. The highest BCUT2D eigenvalue weighted by molar-refractivity contribution is 5.95.